The molecule has 2 N–H and O–H groups in total. The van der Waals surface area contributed by atoms with Gasteiger partial charge in [0, 0.05) is 5.56 Å². The highest BCUT2D eigenvalue weighted by Crippen LogP contribution is 2.50. The molecule has 1 aromatic carbocycles. The molecule has 1 unspecified atom stereocenters. The fourth-order valence-corrected chi connectivity index (χ4v) is 4.94. The number of benzene rings is 1. The quantitative estimate of drug-likeness (QED) is 0.674. The number of fused-ring (bicyclic) bond motifs is 1. The Labute approximate surface area is 188 Å². The Morgan fingerprint density at radius 3 is 2.50 bits per heavy atom. The highest BCUT2D eigenvalue weighted by Gasteiger charge is 2.38. The molecule has 0 saturated carbocycles. The average Bonchev–Trinajstić information content (AvgIpc) is 3.08. The lowest BCUT2D eigenvalue weighted by atomic mass is 9.78. The van der Waals surface area contributed by atoms with E-state index in [2.05, 4.69) is 48.1 Å². The van der Waals surface area contributed by atoms with Gasteiger partial charge in [0.25, 0.3) is 0 Å². The second-order valence-corrected chi connectivity index (χ2v) is 9.19. The van der Waals surface area contributed by atoms with Crippen molar-refractivity contribution in [3.63, 3.8) is 0 Å². The first-order chi connectivity index (χ1) is 15.2. The number of allylic oxidation sites excluding steroid dienone is 2. The molecule has 2 heterocycles. The molecule has 0 bridgehead atoms. The normalized spacial score (nSPS) is 21.6. The van der Waals surface area contributed by atoms with Crippen LogP contribution in [0.15, 0.2) is 41.2 Å². The van der Waals surface area contributed by atoms with E-state index in [1.807, 2.05) is 13.8 Å². The van der Waals surface area contributed by atoms with Crippen LogP contribution in [-0.2, 0) is 9.53 Å². The summed E-state index contributed by atoms with van der Waals surface area (Å²) in [6.45, 7) is 8.26. The van der Waals surface area contributed by atoms with Gasteiger partial charge >= 0.3 is 5.97 Å². The number of aromatic nitrogens is 2. The van der Waals surface area contributed by atoms with Crippen molar-refractivity contribution in [1.82, 2.24) is 9.97 Å². The standard InChI is InChI=1S/C25H30N4O3/c1-6-18-17(11-12-25(18,4)13-19(30)31-5)15-7-9-16(10-8-15)21-24(2,3)32-23-20(29-21)22(26)27-14-28-23/h7-10,14H,6,11-13H2,1-5H3,(H2,26,27,28). The van der Waals surface area contributed by atoms with E-state index < -0.39 is 5.60 Å². The van der Waals surface area contributed by atoms with E-state index in [0.717, 1.165) is 30.5 Å². The van der Waals surface area contributed by atoms with Crippen LogP contribution >= 0.6 is 0 Å². The minimum absolute atomic E-state index is 0.152. The van der Waals surface area contributed by atoms with Gasteiger partial charge in [0.15, 0.2) is 11.5 Å². The summed E-state index contributed by atoms with van der Waals surface area (Å²) in [6, 6.07) is 8.40. The predicted octanol–water partition coefficient (Wildman–Crippen LogP) is 4.88. The van der Waals surface area contributed by atoms with Gasteiger partial charge in [-0.1, -0.05) is 43.7 Å². The average molecular weight is 435 g/mol. The van der Waals surface area contributed by atoms with Crippen molar-refractivity contribution in [2.75, 3.05) is 12.8 Å². The number of methoxy groups -OCH3 is 1. The molecule has 1 aromatic heterocycles. The number of anilines is 1. The SMILES string of the molecule is CCC1=C(c2ccc(C3=Nc4c(N)ncnc4OC3(C)C)cc2)CCC1(C)CC(=O)OC. The van der Waals surface area contributed by atoms with Crippen molar-refractivity contribution in [1.29, 1.82) is 0 Å². The lowest BCUT2D eigenvalue weighted by Crippen LogP contribution is -2.41. The topological polar surface area (TPSA) is 99.7 Å². The van der Waals surface area contributed by atoms with Crippen LogP contribution in [0.5, 0.6) is 5.88 Å². The molecule has 7 nitrogen and oxygen atoms in total. The monoisotopic (exact) mass is 434 g/mol. The van der Waals surface area contributed by atoms with Crippen LogP contribution in [-0.4, -0.2) is 34.4 Å². The summed E-state index contributed by atoms with van der Waals surface area (Å²) in [4.78, 5) is 25.0. The molecule has 168 valence electrons. The van der Waals surface area contributed by atoms with Crippen molar-refractivity contribution < 1.29 is 14.3 Å². The number of carbonyl (C=O) groups is 1. The van der Waals surface area contributed by atoms with Crippen LogP contribution in [0.25, 0.3) is 5.57 Å². The largest absolute Gasteiger partial charge is 0.469 e. The van der Waals surface area contributed by atoms with Crippen LogP contribution < -0.4 is 10.5 Å². The molecule has 0 spiro atoms. The minimum Gasteiger partial charge on any atom is -0.469 e. The molecule has 0 fully saturated rings. The lowest BCUT2D eigenvalue weighted by molar-refractivity contribution is -0.142. The van der Waals surface area contributed by atoms with E-state index >= 15 is 0 Å². The summed E-state index contributed by atoms with van der Waals surface area (Å²) in [6.07, 6.45) is 4.61. The molecule has 32 heavy (non-hydrogen) atoms. The molecule has 2 aromatic rings. The molecular weight excluding hydrogens is 404 g/mol. The predicted molar refractivity (Wildman–Crippen MR) is 125 cm³/mol. The second kappa shape index (κ2) is 8.04. The zero-order valence-electron chi connectivity index (χ0n) is 19.4. The van der Waals surface area contributed by atoms with Gasteiger partial charge in [-0.2, -0.15) is 4.98 Å². The number of rotatable bonds is 5. The van der Waals surface area contributed by atoms with E-state index in [1.54, 1.807) is 0 Å². The fraction of sp³-hybridized carbons (Fsp3) is 0.440. The second-order valence-electron chi connectivity index (χ2n) is 9.19. The van der Waals surface area contributed by atoms with Crippen molar-refractivity contribution in [2.45, 2.75) is 59.0 Å². The molecule has 0 saturated heterocycles. The third-order valence-corrected chi connectivity index (χ3v) is 6.60. The molecule has 0 amide bonds. The third kappa shape index (κ3) is 3.76. The number of hydrogen-bond donors (Lipinski definition) is 1. The zero-order chi connectivity index (χ0) is 23.1. The van der Waals surface area contributed by atoms with Crippen molar-refractivity contribution >= 4 is 28.8 Å². The number of hydrogen-bond acceptors (Lipinski definition) is 7. The van der Waals surface area contributed by atoms with Gasteiger partial charge in [-0.15, -0.1) is 0 Å². The van der Waals surface area contributed by atoms with Gasteiger partial charge < -0.3 is 15.2 Å². The maximum atomic E-state index is 12.0. The smallest absolute Gasteiger partial charge is 0.306 e. The molecular formula is C25H30N4O3. The molecule has 0 radical (unpaired) electrons. The summed E-state index contributed by atoms with van der Waals surface area (Å²) < 4.78 is 11.0. The van der Waals surface area contributed by atoms with Crippen LogP contribution in [0.3, 0.4) is 0 Å². The van der Waals surface area contributed by atoms with E-state index in [0.29, 0.717) is 23.8 Å². The summed E-state index contributed by atoms with van der Waals surface area (Å²) in [5, 5.41) is 0. The lowest BCUT2D eigenvalue weighted by Gasteiger charge is -2.32. The Bertz CT molecular complexity index is 1120. The highest BCUT2D eigenvalue weighted by atomic mass is 16.5. The number of ether oxygens (including phenoxy) is 2. The van der Waals surface area contributed by atoms with Crippen LogP contribution in [0.1, 0.15) is 64.5 Å². The number of nitrogens with zero attached hydrogens (tertiary/aromatic N) is 3. The Balaban J connectivity index is 1.69. The Morgan fingerprint density at radius 2 is 1.84 bits per heavy atom. The first-order valence-electron chi connectivity index (χ1n) is 11.0. The summed E-state index contributed by atoms with van der Waals surface area (Å²) >= 11 is 0. The fourth-order valence-electron chi connectivity index (χ4n) is 4.94. The highest BCUT2D eigenvalue weighted by molar-refractivity contribution is 6.09. The van der Waals surface area contributed by atoms with Crippen LogP contribution in [0, 0.1) is 5.41 Å². The van der Waals surface area contributed by atoms with Crippen molar-refractivity contribution in [2.24, 2.45) is 10.4 Å². The van der Waals surface area contributed by atoms with Gasteiger partial charge in [0.1, 0.15) is 11.9 Å². The summed E-state index contributed by atoms with van der Waals surface area (Å²) in [7, 11) is 1.45. The van der Waals surface area contributed by atoms with Crippen LogP contribution in [0.4, 0.5) is 11.5 Å². The number of nitrogens with two attached hydrogens (primary N) is 1. The van der Waals surface area contributed by atoms with Crippen molar-refractivity contribution in [3.8, 4) is 5.88 Å². The molecule has 1 aliphatic heterocycles. The molecule has 7 heteroatoms. The van der Waals surface area contributed by atoms with Crippen LogP contribution in [0.2, 0.25) is 0 Å². The molecule has 4 rings (SSSR count). The van der Waals surface area contributed by atoms with Gasteiger partial charge in [-0.05, 0) is 49.7 Å². The molecule has 2 aliphatic rings. The summed E-state index contributed by atoms with van der Waals surface area (Å²) in [5.41, 5.74) is 11.2. The number of nitrogen functional groups attached to an aromatic ring is 1. The Kier molecular flexibility index (Phi) is 5.53. The molecule has 1 atom stereocenters. The zero-order valence-corrected chi connectivity index (χ0v) is 19.4. The van der Waals surface area contributed by atoms with E-state index in [9.17, 15) is 4.79 Å². The molecule has 1 aliphatic carbocycles. The number of aliphatic imine (C=N–C) groups is 1. The first kappa shape index (κ1) is 22.0. The third-order valence-electron chi connectivity index (χ3n) is 6.60. The Hall–Kier alpha value is -3.22. The summed E-state index contributed by atoms with van der Waals surface area (Å²) in [5.74, 6) is 0.542. The maximum Gasteiger partial charge on any atom is 0.306 e. The van der Waals surface area contributed by atoms with Crippen molar-refractivity contribution in [3.05, 3.63) is 47.3 Å². The minimum atomic E-state index is -0.657. The number of esters is 1. The Morgan fingerprint density at radius 1 is 1.16 bits per heavy atom. The van der Waals surface area contributed by atoms with Gasteiger partial charge in [0.2, 0.25) is 5.88 Å². The van der Waals surface area contributed by atoms with E-state index in [1.165, 1.54) is 30.1 Å². The first-order valence-corrected chi connectivity index (χ1v) is 11.0. The van der Waals surface area contributed by atoms with E-state index in [-0.39, 0.29) is 11.4 Å². The van der Waals surface area contributed by atoms with E-state index in [4.69, 9.17) is 20.2 Å². The van der Waals surface area contributed by atoms with Gasteiger partial charge in [-0.25, -0.2) is 9.98 Å². The number of carbonyl (C=O) groups excluding carboxylic acids is 1. The van der Waals surface area contributed by atoms with Gasteiger partial charge in [-0.3, -0.25) is 4.79 Å². The maximum absolute atomic E-state index is 12.0. The van der Waals surface area contributed by atoms with Gasteiger partial charge in [0.05, 0.1) is 19.2 Å².